The number of nitrogens with one attached hydrogen (secondary N) is 1. The number of halogens is 4. The van der Waals surface area contributed by atoms with Crippen molar-refractivity contribution in [3.05, 3.63) is 52.6 Å². The van der Waals surface area contributed by atoms with Crippen LogP contribution in [0.15, 0.2) is 30.6 Å². The maximum atomic E-state index is 12.7. The summed E-state index contributed by atoms with van der Waals surface area (Å²) in [7, 11) is 0. The number of hydrogen-bond acceptors (Lipinski definition) is 5. The van der Waals surface area contributed by atoms with Crippen molar-refractivity contribution in [2.75, 3.05) is 5.32 Å². The molecule has 0 bridgehead atoms. The average Bonchev–Trinajstić information content (AvgIpc) is 2.56. The zero-order valence-corrected chi connectivity index (χ0v) is 14.4. The van der Waals surface area contributed by atoms with E-state index in [2.05, 4.69) is 15.3 Å². The Balaban J connectivity index is 2.07. The maximum Gasteiger partial charge on any atom is 0.416 e. The number of ether oxygens (including phenoxy) is 1. The van der Waals surface area contributed by atoms with E-state index in [0.717, 1.165) is 12.1 Å². The molecule has 10 heteroatoms. The van der Waals surface area contributed by atoms with Gasteiger partial charge < -0.3 is 10.1 Å². The number of rotatable bonds is 4. The first-order valence-corrected chi connectivity index (χ1v) is 7.63. The van der Waals surface area contributed by atoms with Crippen LogP contribution >= 0.6 is 11.6 Å². The summed E-state index contributed by atoms with van der Waals surface area (Å²) >= 11 is 5.80. The van der Waals surface area contributed by atoms with Gasteiger partial charge in [-0.05, 0) is 32.0 Å². The number of nitrogens with zero attached hydrogens (tertiary/aromatic N) is 2. The Hall–Kier alpha value is -2.68. The van der Waals surface area contributed by atoms with E-state index < -0.39 is 29.7 Å². The molecular formula is C16H13ClF3N3O3. The van der Waals surface area contributed by atoms with Gasteiger partial charge in [-0.2, -0.15) is 13.2 Å². The van der Waals surface area contributed by atoms with Crippen LogP contribution < -0.4 is 5.32 Å². The topological polar surface area (TPSA) is 81.2 Å². The van der Waals surface area contributed by atoms with Gasteiger partial charge in [0.25, 0.3) is 5.91 Å². The molecule has 0 radical (unpaired) electrons. The number of benzene rings is 1. The van der Waals surface area contributed by atoms with Crippen molar-refractivity contribution >= 4 is 29.2 Å². The summed E-state index contributed by atoms with van der Waals surface area (Å²) in [6.07, 6.45) is -3.35. The van der Waals surface area contributed by atoms with E-state index in [-0.39, 0.29) is 16.4 Å². The molecule has 138 valence electrons. The molecule has 1 amide bonds. The molecule has 2 aromatic rings. The predicted octanol–water partition coefficient (Wildman–Crippen LogP) is 3.64. The van der Waals surface area contributed by atoms with E-state index in [1.54, 1.807) is 6.92 Å². The molecule has 0 unspecified atom stereocenters. The number of esters is 1. The molecule has 0 spiro atoms. The van der Waals surface area contributed by atoms with E-state index in [1.807, 2.05) is 0 Å². The minimum absolute atomic E-state index is 0.0886. The van der Waals surface area contributed by atoms with Crippen LogP contribution in [-0.2, 0) is 15.7 Å². The van der Waals surface area contributed by atoms with Gasteiger partial charge in [-0.1, -0.05) is 11.6 Å². The first-order chi connectivity index (χ1) is 12.1. The standard InChI is InChI=1S/C16H13ClF3N3O3/c1-8-6-22-13(7-21-8)15(25)26-9(2)14(24)23-12-5-10(16(18,19)20)3-4-11(12)17/h3-7,9H,1-2H3,(H,23,24)/t9-/m0/s1. The average molecular weight is 388 g/mol. The lowest BCUT2D eigenvalue weighted by Gasteiger charge is -2.15. The van der Waals surface area contributed by atoms with Crippen molar-refractivity contribution < 1.29 is 27.5 Å². The van der Waals surface area contributed by atoms with Gasteiger partial charge in [-0.25, -0.2) is 9.78 Å². The van der Waals surface area contributed by atoms with E-state index in [0.29, 0.717) is 11.8 Å². The summed E-state index contributed by atoms with van der Waals surface area (Å²) in [6, 6.07) is 2.50. The lowest BCUT2D eigenvalue weighted by molar-refractivity contribution is -0.137. The summed E-state index contributed by atoms with van der Waals surface area (Å²) in [5, 5.41) is 2.12. The third-order valence-corrected chi connectivity index (χ3v) is 3.52. The second kappa shape index (κ2) is 7.69. The Morgan fingerprint density at radius 3 is 2.50 bits per heavy atom. The number of hydrogen-bond donors (Lipinski definition) is 1. The monoisotopic (exact) mass is 387 g/mol. The molecule has 1 atom stereocenters. The molecule has 6 nitrogen and oxygen atoms in total. The number of alkyl halides is 3. The minimum Gasteiger partial charge on any atom is -0.448 e. The number of anilines is 1. The Morgan fingerprint density at radius 2 is 1.92 bits per heavy atom. The van der Waals surface area contributed by atoms with Gasteiger partial charge in [-0.3, -0.25) is 9.78 Å². The van der Waals surface area contributed by atoms with Crippen molar-refractivity contribution in [2.24, 2.45) is 0 Å². The predicted molar refractivity (Wildman–Crippen MR) is 86.7 cm³/mol. The quantitative estimate of drug-likeness (QED) is 0.810. The zero-order chi connectivity index (χ0) is 19.5. The molecule has 1 heterocycles. The normalized spacial score (nSPS) is 12.4. The fourth-order valence-electron chi connectivity index (χ4n) is 1.80. The zero-order valence-electron chi connectivity index (χ0n) is 13.6. The number of carbonyl (C=O) groups is 2. The van der Waals surface area contributed by atoms with Crippen LogP contribution in [-0.4, -0.2) is 27.9 Å². The summed E-state index contributed by atoms with van der Waals surface area (Å²) in [4.78, 5) is 31.7. The molecular weight excluding hydrogens is 375 g/mol. The highest BCUT2D eigenvalue weighted by Gasteiger charge is 2.31. The van der Waals surface area contributed by atoms with Crippen molar-refractivity contribution in [3.63, 3.8) is 0 Å². The van der Waals surface area contributed by atoms with Crippen LogP contribution in [0.25, 0.3) is 0 Å². The molecule has 0 saturated heterocycles. The largest absolute Gasteiger partial charge is 0.448 e. The summed E-state index contributed by atoms with van der Waals surface area (Å²) < 4.78 is 43.2. The highest BCUT2D eigenvalue weighted by atomic mass is 35.5. The van der Waals surface area contributed by atoms with Crippen molar-refractivity contribution in [1.29, 1.82) is 0 Å². The molecule has 0 aliphatic rings. The summed E-state index contributed by atoms with van der Waals surface area (Å²) in [6.45, 7) is 2.94. The van der Waals surface area contributed by atoms with Crippen LogP contribution in [0.1, 0.15) is 28.7 Å². The Labute approximate surface area is 151 Å². The first kappa shape index (κ1) is 19.6. The van der Waals surface area contributed by atoms with E-state index in [9.17, 15) is 22.8 Å². The highest BCUT2D eigenvalue weighted by molar-refractivity contribution is 6.33. The van der Waals surface area contributed by atoms with Crippen molar-refractivity contribution in [3.8, 4) is 0 Å². The second-order valence-electron chi connectivity index (χ2n) is 5.27. The molecule has 1 aromatic carbocycles. The van der Waals surface area contributed by atoms with Gasteiger partial charge >= 0.3 is 12.1 Å². The minimum atomic E-state index is -4.59. The van der Waals surface area contributed by atoms with Crippen LogP contribution in [0, 0.1) is 6.92 Å². The molecule has 0 aliphatic heterocycles. The van der Waals surface area contributed by atoms with Gasteiger partial charge in [0.1, 0.15) is 0 Å². The third-order valence-electron chi connectivity index (χ3n) is 3.19. The number of aryl methyl sites for hydroxylation is 1. The summed E-state index contributed by atoms with van der Waals surface area (Å²) in [5.41, 5.74) is -0.736. The Bertz CT molecular complexity index is 826. The van der Waals surface area contributed by atoms with Crippen LogP contribution in [0.2, 0.25) is 5.02 Å². The lowest BCUT2D eigenvalue weighted by Crippen LogP contribution is -2.30. The second-order valence-corrected chi connectivity index (χ2v) is 5.68. The first-order valence-electron chi connectivity index (χ1n) is 7.25. The molecule has 26 heavy (non-hydrogen) atoms. The third kappa shape index (κ3) is 4.92. The van der Waals surface area contributed by atoms with E-state index in [4.69, 9.17) is 16.3 Å². The van der Waals surface area contributed by atoms with Crippen LogP contribution in [0.4, 0.5) is 18.9 Å². The molecule has 1 aromatic heterocycles. The Morgan fingerprint density at radius 1 is 1.23 bits per heavy atom. The molecule has 0 aliphatic carbocycles. The van der Waals surface area contributed by atoms with Gasteiger partial charge in [0.2, 0.25) is 0 Å². The molecule has 0 saturated carbocycles. The molecule has 2 rings (SSSR count). The smallest absolute Gasteiger partial charge is 0.416 e. The lowest BCUT2D eigenvalue weighted by atomic mass is 10.2. The molecule has 1 N–H and O–H groups in total. The fourth-order valence-corrected chi connectivity index (χ4v) is 1.97. The SMILES string of the molecule is Cc1cnc(C(=O)O[C@@H](C)C(=O)Nc2cc(C(F)(F)F)ccc2Cl)cn1. The van der Waals surface area contributed by atoms with Crippen LogP contribution in [0.5, 0.6) is 0 Å². The number of amides is 1. The van der Waals surface area contributed by atoms with Gasteiger partial charge in [0.05, 0.1) is 28.2 Å². The van der Waals surface area contributed by atoms with Gasteiger partial charge in [-0.15, -0.1) is 0 Å². The number of carbonyl (C=O) groups excluding carboxylic acids is 2. The fraction of sp³-hybridized carbons (Fsp3) is 0.250. The maximum absolute atomic E-state index is 12.7. The highest BCUT2D eigenvalue weighted by Crippen LogP contribution is 2.33. The summed E-state index contributed by atoms with van der Waals surface area (Å²) in [5.74, 6) is -1.74. The van der Waals surface area contributed by atoms with Crippen molar-refractivity contribution in [2.45, 2.75) is 26.1 Å². The van der Waals surface area contributed by atoms with Crippen LogP contribution in [0.3, 0.4) is 0 Å². The van der Waals surface area contributed by atoms with Crippen molar-refractivity contribution in [1.82, 2.24) is 9.97 Å². The van der Waals surface area contributed by atoms with Gasteiger partial charge in [0, 0.05) is 6.20 Å². The Kier molecular flexibility index (Phi) is 5.81. The van der Waals surface area contributed by atoms with E-state index >= 15 is 0 Å². The number of aromatic nitrogens is 2. The molecule has 0 fully saturated rings. The van der Waals surface area contributed by atoms with Gasteiger partial charge in [0.15, 0.2) is 11.8 Å². The van der Waals surface area contributed by atoms with E-state index in [1.165, 1.54) is 19.3 Å².